The fraction of sp³-hybridized carbons (Fsp3) is 0.471. The Bertz CT molecular complexity index is 548. The van der Waals surface area contributed by atoms with E-state index < -0.39 is 0 Å². The molecule has 1 N–H and O–H groups in total. The number of rotatable bonds is 5. The Labute approximate surface area is 121 Å². The monoisotopic (exact) mass is 269 g/mol. The maximum absolute atomic E-state index is 4.61. The van der Waals surface area contributed by atoms with Crippen LogP contribution in [-0.4, -0.2) is 16.1 Å². The van der Waals surface area contributed by atoms with Crippen LogP contribution < -0.4 is 5.32 Å². The number of imidazole rings is 1. The van der Waals surface area contributed by atoms with Crippen molar-refractivity contribution in [3.8, 4) is 0 Å². The molecule has 0 aliphatic heterocycles. The normalized spacial score (nSPS) is 16.3. The van der Waals surface area contributed by atoms with Crippen molar-refractivity contribution in [2.75, 3.05) is 6.54 Å². The second-order valence-electron chi connectivity index (χ2n) is 5.54. The van der Waals surface area contributed by atoms with Gasteiger partial charge in [-0.3, -0.25) is 0 Å². The standard InChI is InChI=1S/C17H23N3/c1-3-18-16(17-19-9-10-20(17)4-2)15-11-13-7-5-6-8-14(13)12-15/h5-10,15-16,18H,3-4,11-12H2,1-2H3. The SMILES string of the molecule is CCNC(c1nccn1CC)C1Cc2ccccc2C1. The largest absolute Gasteiger partial charge is 0.334 e. The summed E-state index contributed by atoms with van der Waals surface area (Å²) in [5.41, 5.74) is 3.02. The Balaban J connectivity index is 1.86. The summed E-state index contributed by atoms with van der Waals surface area (Å²) in [4.78, 5) is 4.61. The van der Waals surface area contributed by atoms with Gasteiger partial charge in [0.15, 0.2) is 0 Å². The summed E-state index contributed by atoms with van der Waals surface area (Å²) in [6, 6.07) is 9.18. The predicted molar refractivity (Wildman–Crippen MR) is 81.7 cm³/mol. The molecule has 0 fully saturated rings. The van der Waals surface area contributed by atoms with E-state index in [0.717, 1.165) is 25.9 Å². The number of benzene rings is 1. The van der Waals surface area contributed by atoms with E-state index in [-0.39, 0.29) is 0 Å². The molecule has 0 amide bonds. The van der Waals surface area contributed by atoms with Gasteiger partial charge in [-0.05, 0) is 43.4 Å². The van der Waals surface area contributed by atoms with Gasteiger partial charge >= 0.3 is 0 Å². The summed E-state index contributed by atoms with van der Waals surface area (Å²) in [6.07, 6.45) is 6.32. The van der Waals surface area contributed by atoms with Gasteiger partial charge in [0.1, 0.15) is 5.82 Å². The van der Waals surface area contributed by atoms with E-state index in [1.165, 1.54) is 17.0 Å². The molecule has 1 unspecified atom stereocenters. The lowest BCUT2D eigenvalue weighted by Crippen LogP contribution is -2.31. The van der Waals surface area contributed by atoms with Crippen molar-refractivity contribution in [1.29, 1.82) is 0 Å². The number of fused-ring (bicyclic) bond motifs is 1. The smallest absolute Gasteiger partial charge is 0.126 e. The molecule has 20 heavy (non-hydrogen) atoms. The van der Waals surface area contributed by atoms with Crippen molar-refractivity contribution < 1.29 is 0 Å². The highest BCUT2D eigenvalue weighted by Crippen LogP contribution is 2.34. The van der Waals surface area contributed by atoms with Gasteiger partial charge in [-0.2, -0.15) is 0 Å². The lowest BCUT2D eigenvalue weighted by atomic mass is 9.95. The van der Waals surface area contributed by atoms with E-state index in [1.54, 1.807) is 0 Å². The van der Waals surface area contributed by atoms with Crippen LogP contribution in [0.2, 0.25) is 0 Å². The molecule has 3 nitrogen and oxygen atoms in total. The molecule has 0 bridgehead atoms. The zero-order valence-electron chi connectivity index (χ0n) is 12.3. The Morgan fingerprint density at radius 2 is 1.95 bits per heavy atom. The van der Waals surface area contributed by atoms with Crippen molar-refractivity contribution in [1.82, 2.24) is 14.9 Å². The summed E-state index contributed by atoms with van der Waals surface area (Å²) in [7, 11) is 0. The van der Waals surface area contributed by atoms with Crippen LogP contribution in [0.4, 0.5) is 0 Å². The van der Waals surface area contributed by atoms with Gasteiger partial charge < -0.3 is 9.88 Å². The first-order valence-electron chi connectivity index (χ1n) is 7.64. The Morgan fingerprint density at radius 3 is 2.55 bits per heavy atom. The average Bonchev–Trinajstić information content (AvgIpc) is 3.10. The first-order chi connectivity index (χ1) is 9.83. The van der Waals surface area contributed by atoms with E-state index in [2.05, 4.69) is 59.2 Å². The van der Waals surface area contributed by atoms with E-state index >= 15 is 0 Å². The number of aryl methyl sites for hydroxylation is 1. The zero-order valence-corrected chi connectivity index (χ0v) is 12.3. The van der Waals surface area contributed by atoms with E-state index in [9.17, 15) is 0 Å². The van der Waals surface area contributed by atoms with E-state index in [1.807, 2.05) is 6.20 Å². The number of hydrogen-bond donors (Lipinski definition) is 1. The molecule has 0 spiro atoms. The lowest BCUT2D eigenvalue weighted by molar-refractivity contribution is 0.355. The number of aromatic nitrogens is 2. The number of nitrogens with one attached hydrogen (secondary N) is 1. The molecule has 3 heteroatoms. The van der Waals surface area contributed by atoms with Crippen LogP contribution in [0, 0.1) is 5.92 Å². The summed E-state index contributed by atoms with van der Waals surface area (Å²) >= 11 is 0. The molecule has 1 heterocycles. The fourth-order valence-corrected chi connectivity index (χ4v) is 3.38. The van der Waals surface area contributed by atoms with Crippen LogP contribution in [0.5, 0.6) is 0 Å². The molecule has 0 saturated carbocycles. The van der Waals surface area contributed by atoms with Gasteiger partial charge in [0.05, 0.1) is 6.04 Å². The third kappa shape index (κ3) is 2.38. The van der Waals surface area contributed by atoms with Gasteiger partial charge in [0.2, 0.25) is 0 Å². The van der Waals surface area contributed by atoms with Crippen LogP contribution >= 0.6 is 0 Å². The molecule has 106 valence electrons. The Kier molecular flexibility index (Phi) is 3.88. The maximum Gasteiger partial charge on any atom is 0.126 e. The fourth-order valence-electron chi connectivity index (χ4n) is 3.38. The summed E-state index contributed by atoms with van der Waals surface area (Å²) in [6.45, 7) is 6.32. The topological polar surface area (TPSA) is 29.9 Å². The molecule has 1 atom stereocenters. The van der Waals surface area contributed by atoms with Crippen LogP contribution in [0.1, 0.15) is 36.8 Å². The molecule has 2 aromatic rings. The Hall–Kier alpha value is -1.61. The minimum Gasteiger partial charge on any atom is -0.334 e. The first-order valence-corrected chi connectivity index (χ1v) is 7.64. The molecular weight excluding hydrogens is 246 g/mol. The third-order valence-electron chi connectivity index (χ3n) is 4.34. The summed E-state index contributed by atoms with van der Waals surface area (Å²) in [5.74, 6) is 1.80. The van der Waals surface area contributed by atoms with Crippen LogP contribution in [0.3, 0.4) is 0 Å². The van der Waals surface area contributed by atoms with Crippen LogP contribution in [0.25, 0.3) is 0 Å². The highest BCUT2D eigenvalue weighted by molar-refractivity contribution is 5.33. The molecule has 0 radical (unpaired) electrons. The van der Waals surface area contributed by atoms with Crippen molar-refractivity contribution >= 4 is 0 Å². The molecule has 0 saturated heterocycles. The minimum atomic E-state index is 0.349. The van der Waals surface area contributed by atoms with Gasteiger partial charge in [0.25, 0.3) is 0 Å². The van der Waals surface area contributed by atoms with Gasteiger partial charge in [-0.25, -0.2) is 4.98 Å². The highest BCUT2D eigenvalue weighted by atomic mass is 15.1. The van der Waals surface area contributed by atoms with E-state index in [4.69, 9.17) is 0 Å². The summed E-state index contributed by atoms with van der Waals surface area (Å²) in [5, 5.41) is 3.65. The molecule has 1 aliphatic carbocycles. The third-order valence-corrected chi connectivity index (χ3v) is 4.34. The zero-order chi connectivity index (χ0) is 13.9. The molecule has 1 aliphatic rings. The van der Waals surface area contributed by atoms with Crippen molar-refractivity contribution in [3.63, 3.8) is 0 Å². The predicted octanol–water partition coefficient (Wildman–Crippen LogP) is 2.97. The molecule has 1 aromatic carbocycles. The Morgan fingerprint density at radius 1 is 1.25 bits per heavy atom. The van der Waals surface area contributed by atoms with Gasteiger partial charge in [-0.1, -0.05) is 31.2 Å². The van der Waals surface area contributed by atoms with Crippen molar-refractivity contribution in [2.45, 2.75) is 39.3 Å². The number of nitrogens with zero attached hydrogens (tertiary/aromatic N) is 2. The van der Waals surface area contributed by atoms with Crippen LogP contribution in [0.15, 0.2) is 36.7 Å². The molecular formula is C17H23N3. The van der Waals surface area contributed by atoms with Crippen molar-refractivity contribution in [2.24, 2.45) is 5.92 Å². The number of hydrogen-bond acceptors (Lipinski definition) is 2. The molecule has 3 rings (SSSR count). The molecule has 1 aromatic heterocycles. The highest BCUT2D eigenvalue weighted by Gasteiger charge is 2.31. The average molecular weight is 269 g/mol. The van der Waals surface area contributed by atoms with Gasteiger partial charge in [0, 0.05) is 18.9 Å². The van der Waals surface area contributed by atoms with Crippen LogP contribution in [-0.2, 0) is 19.4 Å². The second kappa shape index (κ2) is 5.80. The van der Waals surface area contributed by atoms with E-state index in [0.29, 0.717) is 12.0 Å². The summed E-state index contributed by atoms with van der Waals surface area (Å²) < 4.78 is 2.26. The van der Waals surface area contributed by atoms with Crippen molar-refractivity contribution in [3.05, 3.63) is 53.6 Å². The second-order valence-corrected chi connectivity index (χ2v) is 5.54. The maximum atomic E-state index is 4.61. The van der Waals surface area contributed by atoms with Gasteiger partial charge in [-0.15, -0.1) is 0 Å². The first kappa shape index (κ1) is 13.4. The quantitative estimate of drug-likeness (QED) is 0.904. The minimum absolute atomic E-state index is 0.349. The lowest BCUT2D eigenvalue weighted by Gasteiger charge is -2.24.